The first-order chi connectivity index (χ1) is 12.5. The molecule has 138 valence electrons. The van der Waals surface area contributed by atoms with E-state index in [1.807, 2.05) is 6.07 Å². The van der Waals surface area contributed by atoms with Gasteiger partial charge in [-0.2, -0.15) is 0 Å². The molecule has 2 rings (SSSR count). The minimum atomic E-state index is -0.378. The number of esters is 1. The molecule has 6 nitrogen and oxygen atoms in total. The maximum absolute atomic E-state index is 12.1. The van der Waals surface area contributed by atoms with E-state index in [0.717, 1.165) is 11.1 Å². The summed E-state index contributed by atoms with van der Waals surface area (Å²) in [6.45, 7) is 3.87. The van der Waals surface area contributed by atoms with Crippen LogP contribution < -0.4 is 14.8 Å². The Balaban J connectivity index is 2.06. The molecule has 0 saturated heterocycles. The highest BCUT2D eigenvalue weighted by Crippen LogP contribution is 2.29. The SMILES string of the molecule is CCOC(=O)c1sc(NC(=O)/C=C/c2ccc(OC)c(OC)c2)cc1C. The summed E-state index contributed by atoms with van der Waals surface area (Å²) in [5.41, 5.74) is 1.57. The summed E-state index contributed by atoms with van der Waals surface area (Å²) in [4.78, 5) is 24.4. The number of benzene rings is 1. The van der Waals surface area contributed by atoms with E-state index in [2.05, 4.69) is 5.32 Å². The summed E-state index contributed by atoms with van der Waals surface area (Å²) in [6, 6.07) is 7.11. The Morgan fingerprint density at radius 2 is 1.88 bits per heavy atom. The van der Waals surface area contributed by atoms with Crippen LogP contribution in [-0.4, -0.2) is 32.7 Å². The second-order valence-electron chi connectivity index (χ2n) is 5.28. The number of aryl methyl sites for hydroxylation is 1. The Labute approximate surface area is 156 Å². The third kappa shape index (κ3) is 4.86. The summed E-state index contributed by atoms with van der Waals surface area (Å²) in [7, 11) is 3.12. The fourth-order valence-electron chi connectivity index (χ4n) is 2.23. The predicted molar refractivity (Wildman–Crippen MR) is 102 cm³/mol. The third-order valence-electron chi connectivity index (χ3n) is 3.46. The summed E-state index contributed by atoms with van der Waals surface area (Å²) in [6.07, 6.45) is 3.09. The van der Waals surface area contributed by atoms with Crippen LogP contribution in [0.15, 0.2) is 30.3 Å². The van der Waals surface area contributed by atoms with Crippen LogP contribution in [0.25, 0.3) is 6.08 Å². The average molecular weight is 375 g/mol. The van der Waals surface area contributed by atoms with Crippen molar-refractivity contribution in [3.05, 3.63) is 46.3 Å². The Bertz CT molecular complexity index is 825. The van der Waals surface area contributed by atoms with Crippen LogP contribution >= 0.6 is 11.3 Å². The van der Waals surface area contributed by atoms with Gasteiger partial charge >= 0.3 is 5.97 Å². The molecule has 2 aromatic rings. The topological polar surface area (TPSA) is 73.9 Å². The van der Waals surface area contributed by atoms with Crippen molar-refractivity contribution in [1.82, 2.24) is 0 Å². The van der Waals surface area contributed by atoms with E-state index >= 15 is 0 Å². The summed E-state index contributed by atoms with van der Waals surface area (Å²) in [5, 5.41) is 3.34. The lowest BCUT2D eigenvalue weighted by molar-refractivity contribution is -0.111. The zero-order chi connectivity index (χ0) is 19.1. The number of amides is 1. The van der Waals surface area contributed by atoms with Crippen LogP contribution in [0, 0.1) is 6.92 Å². The van der Waals surface area contributed by atoms with Crippen molar-refractivity contribution < 1.29 is 23.8 Å². The lowest BCUT2D eigenvalue weighted by Crippen LogP contribution is -2.06. The van der Waals surface area contributed by atoms with E-state index in [-0.39, 0.29) is 11.9 Å². The van der Waals surface area contributed by atoms with Crippen LogP contribution in [0.4, 0.5) is 5.00 Å². The normalized spacial score (nSPS) is 10.6. The molecular formula is C19H21NO5S. The molecule has 0 saturated carbocycles. The molecule has 0 bridgehead atoms. The molecule has 7 heteroatoms. The van der Waals surface area contributed by atoms with E-state index < -0.39 is 0 Å². The molecule has 0 fully saturated rings. The molecule has 0 atom stereocenters. The highest BCUT2D eigenvalue weighted by Gasteiger charge is 2.15. The smallest absolute Gasteiger partial charge is 0.348 e. The first-order valence-electron chi connectivity index (χ1n) is 7.97. The summed E-state index contributed by atoms with van der Waals surface area (Å²) >= 11 is 1.19. The standard InChI is InChI=1S/C19H21NO5S/c1-5-25-19(22)18-12(2)10-17(26-18)20-16(21)9-7-13-6-8-14(23-3)15(11-13)24-4/h6-11H,5H2,1-4H3,(H,20,21)/b9-7+. The maximum Gasteiger partial charge on any atom is 0.348 e. The molecule has 0 spiro atoms. The molecule has 1 aromatic heterocycles. The van der Waals surface area contributed by atoms with Gasteiger partial charge < -0.3 is 19.5 Å². The fourth-order valence-corrected chi connectivity index (χ4v) is 3.20. The van der Waals surface area contributed by atoms with Crippen LogP contribution in [-0.2, 0) is 9.53 Å². The number of hydrogen-bond donors (Lipinski definition) is 1. The second-order valence-corrected chi connectivity index (χ2v) is 6.33. The molecule has 26 heavy (non-hydrogen) atoms. The number of nitrogens with one attached hydrogen (secondary N) is 1. The van der Waals surface area contributed by atoms with Gasteiger partial charge in [0.25, 0.3) is 0 Å². The molecule has 0 aliphatic rings. The van der Waals surface area contributed by atoms with Gasteiger partial charge in [-0.05, 0) is 49.2 Å². The number of hydrogen-bond acceptors (Lipinski definition) is 6. The zero-order valence-electron chi connectivity index (χ0n) is 15.1. The van der Waals surface area contributed by atoms with Crippen molar-refractivity contribution >= 4 is 34.3 Å². The Hall–Kier alpha value is -2.80. The number of rotatable bonds is 7. The zero-order valence-corrected chi connectivity index (χ0v) is 15.9. The number of carbonyl (C=O) groups excluding carboxylic acids is 2. The molecule has 1 N–H and O–H groups in total. The van der Waals surface area contributed by atoms with Crippen molar-refractivity contribution in [3.8, 4) is 11.5 Å². The van der Waals surface area contributed by atoms with Gasteiger partial charge in [0, 0.05) is 6.08 Å². The quantitative estimate of drug-likeness (QED) is 0.587. The van der Waals surface area contributed by atoms with Gasteiger partial charge in [0.1, 0.15) is 4.88 Å². The Kier molecular flexibility index (Phi) is 6.80. The molecule has 0 unspecified atom stereocenters. The minimum Gasteiger partial charge on any atom is -0.493 e. The van der Waals surface area contributed by atoms with E-state index in [1.165, 1.54) is 17.4 Å². The van der Waals surface area contributed by atoms with Crippen molar-refractivity contribution in [3.63, 3.8) is 0 Å². The largest absolute Gasteiger partial charge is 0.493 e. The maximum atomic E-state index is 12.1. The van der Waals surface area contributed by atoms with Gasteiger partial charge in [-0.25, -0.2) is 4.79 Å². The molecule has 0 aliphatic carbocycles. The van der Waals surface area contributed by atoms with Gasteiger partial charge in [-0.3, -0.25) is 4.79 Å². The predicted octanol–water partition coefficient (Wildman–Crippen LogP) is 3.90. The first-order valence-corrected chi connectivity index (χ1v) is 8.78. The number of anilines is 1. The highest BCUT2D eigenvalue weighted by atomic mass is 32.1. The van der Waals surface area contributed by atoms with Crippen molar-refractivity contribution in [2.75, 3.05) is 26.1 Å². The van der Waals surface area contributed by atoms with E-state index in [1.54, 1.807) is 52.3 Å². The van der Waals surface area contributed by atoms with Crippen LogP contribution in [0.2, 0.25) is 0 Å². The number of ether oxygens (including phenoxy) is 3. The van der Waals surface area contributed by atoms with Crippen molar-refractivity contribution in [1.29, 1.82) is 0 Å². The van der Waals surface area contributed by atoms with Gasteiger partial charge in [0.2, 0.25) is 5.91 Å². The summed E-state index contributed by atoms with van der Waals surface area (Å²) < 4.78 is 15.4. The van der Waals surface area contributed by atoms with Crippen LogP contribution in [0.5, 0.6) is 11.5 Å². The van der Waals surface area contributed by atoms with Crippen molar-refractivity contribution in [2.45, 2.75) is 13.8 Å². The van der Waals surface area contributed by atoms with Crippen molar-refractivity contribution in [2.24, 2.45) is 0 Å². The van der Waals surface area contributed by atoms with Gasteiger partial charge in [0.05, 0.1) is 25.8 Å². The van der Waals surface area contributed by atoms with E-state index in [0.29, 0.717) is 28.0 Å². The minimum absolute atomic E-state index is 0.295. The van der Waals surface area contributed by atoms with E-state index in [4.69, 9.17) is 14.2 Å². The number of carbonyl (C=O) groups is 2. The van der Waals surface area contributed by atoms with Crippen LogP contribution in [0.1, 0.15) is 27.7 Å². The highest BCUT2D eigenvalue weighted by molar-refractivity contribution is 7.18. The van der Waals surface area contributed by atoms with Gasteiger partial charge in [-0.1, -0.05) is 6.07 Å². The van der Waals surface area contributed by atoms with Gasteiger partial charge in [0.15, 0.2) is 11.5 Å². The lowest BCUT2D eigenvalue weighted by atomic mass is 10.2. The molecular weight excluding hydrogens is 354 g/mol. The Morgan fingerprint density at radius 3 is 2.54 bits per heavy atom. The van der Waals surface area contributed by atoms with Crippen LogP contribution in [0.3, 0.4) is 0 Å². The lowest BCUT2D eigenvalue weighted by Gasteiger charge is -2.07. The molecule has 1 amide bonds. The summed E-state index contributed by atoms with van der Waals surface area (Å²) in [5.74, 6) is 0.533. The number of thiophene rings is 1. The molecule has 1 aromatic carbocycles. The third-order valence-corrected chi connectivity index (χ3v) is 4.59. The van der Waals surface area contributed by atoms with Gasteiger partial charge in [-0.15, -0.1) is 11.3 Å². The monoisotopic (exact) mass is 375 g/mol. The average Bonchev–Trinajstić information content (AvgIpc) is 3.00. The molecule has 0 aliphatic heterocycles. The second kappa shape index (κ2) is 9.05. The Morgan fingerprint density at radius 1 is 1.15 bits per heavy atom. The number of methoxy groups -OCH3 is 2. The molecule has 0 radical (unpaired) electrons. The fraction of sp³-hybridized carbons (Fsp3) is 0.263. The first kappa shape index (κ1) is 19.5. The molecule has 1 heterocycles. The van der Waals surface area contributed by atoms with E-state index in [9.17, 15) is 9.59 Å².